The van der Waals surface area contributed by atoms with Crippen LogP contribution in [0.2, 0.25) is 0 Å². The summed E-state index contributed by atoms with van der Waals surface area (Å²) in [6.45, 7) is 0. The molecular formula is C14H11IO2. The number of carbonyl (C=O) groups is 1. The fourth-order valence-corrected chi connectivity index (χ4v) is 1.85. The second-order valence-electron chi connectivity index (χ2n) is 3.50. The van der Waals surface area contributed by atoms with E-state index >= 15 is 0 Å². The van der Waals surface area contributed by atoms with Crippen LogP contribution >= 0.6 is 22.6 Å². The number of carbonyl (C=O) groups excluding carboxylic acids is 1. The predicted octanol–water partition coefficient (Wildman–Crippen LogP) is 4.10. The Morgan fingerprint density at radius 1 is 0.941 bits per heavy atom. The van der Waals surface area contributed by atoms with E-state index in [0.29, 0.717) is 4.43 Å². The van der Waals surface area contributed by atoms with Crippen molar-refractivity contribution in [3.63, 3.8) is 0 Å². The van der Waals surface area contributed by atoms with Crippen LogP contribution in [0.1, 0.15) is 10.4 Å². The first-order chi connectivity index (χ1) is 8.29. The number of rotatable bonds is 4. The first-order valence-electron chi connectivity index (χ1n) is 5.22. The van der Waals surface area contributed by atoms with Crippen molar-refractivity contribution in [1.82, 2.24) is 0 Å². The molecule has 0 N–H and O–H groups in total. The van der Waals surface area contributed by atoms with Crippen molar-refractivity contribution in [2.45, 2.75) is 0 Å². The second kappa shape index (κ2) is 5.82. The molecule has 0 aromatic heterocycles. The van der Waals surface area contributed by atoms with E-state index in [9.17, 15) is 4.79 Å². The summed E-state index contributed by atoms with van der Waals surface area (Å²) in [5, 5.41) is 0. The van der Waals surface area contributed by atoms with Gasteiger partial charge in [-0.2, -0.15) is 0 Å². The molecule has 0 spiro atoms. The first-order valence-corrected chi connectivity index (χ1v) is 6.74. The molecule has 0 aliphatic carbocycles. The van der Waals surface area contributed by atoms with Gasteiger partial charge in [0.25, 0.3) is 0 Å². The standard InChI is InChI=1S/C14H11IO2/c15-10-14(16)11-6-8-13(9-7-11)17-12-4-2-1-3-5-12/h1-9H,10H2. The molecule has 17 heavy (non-hydrogen) atoms. The van der Waals surface area contributed by atoms with Crippen LogP contribution in [-0.4, -0.2) is 10.2 Å². The molecule has 0 unspecified atom stereocenters. The highest BCUT2D eigenvalue weighted by atomic mass is 127. The summed E-state index contributed by atoms with van der Waals surface area (Å²) in [6, 6.07) is 16.8. The van der Waals surface area contributed by atoms with Gasteiger partial charge < -0.3 is 4.74 Å². The smallest absolute Gasteiger partial charge is 0.172 e. The van der Waals surface area contributed by atoms with Crippen molar-refractivity contribution in [2.24, 2.45) is 0 Å². The van der Waals surface area contributed by atoms with Gasteiger partial charge in [-0.3, -0.25) is 4.79 Å². The highest BCUT2D eigenvalue weighted by Gasteiger charge is 2.03. The van der Waals surface area contributed by atoms with Gasteiger partial charge in [0.15, 0.2) is 5.78 Å². The molecule has 2 nitrogen and oxygen atoms in total. The van der Waals surface area contributed by atoms with Crippen LogP contribution in [0, 0.1) is 0 Å². The third-order valence-corrected chi connectivity index (χ3v) is 2.97. The number of para-hydroxylation sites is 1. The Morgan fingerprint density at radius 3 is 2.12 bits per heavy atom. The molecule has 0 bridgehead atoms. The summed E-state index contributed by atoms with van der Waals surface area (Å²) < 4.78 is 6.13. The Kier molecular flexibility index (Phi) is 4.14. The molecule has 0 fully saturated rings. The van der Waals surface area contributed by atoms with Crippen LogP contribution in [0.5, 0.6) is 11.5 Å². The zero-order chi connectivity index (χ0) is 12.1. The highest BCUT2D eigenvalue weighted by Crippen LogP contribution is 2.21. The number of alkyl halides is 1. The van der Waals surface area contributed by atoms with Crippen molar-refractivity contribution in [2.75, 3.05) is 4.43 Å². The minimum absolute atomic E-state index is 0.136. The maximum absolute atomic E-state index is 11.4. The summed E-state index contributed by atoms with van der Waals surface area (Å²) in [7, 11) is 0. The van der Waals surface area contributed by atoms with E-state index in [2.05, 4.69) is 22.6 Å². The fraction of sp³-hybridized carbons (Fsp3) is 0.0714. The van der Waals surface area contributed by atoms with Gasteiger partial charge in [-0.05, 0) is 36.4 Å². The molecule has 0 radical (unpaired) electrons. The lowest BCUT2D eigenvalue weighted by Crippen LogP contribution is -1.98. The number of hydrogen-bond acceptors (Lipinski definition) is 2. The molecule has 0 aliphatic rings. The van der Waals surface area contributed by atoms with Crippen molar-refractivity contribution in [3.8, 4) is 11.5 Å². The Hall–Kier alpha value is -1.36. The number of benzene rings is 2. The molecule has 86 valence electrons. The summed E-state index contributed by atoms with van der Waals surface area (Å²) in [5.74, 6) is 1.67. The molecule has 0 aliphatic heterocycles. The molecule has 2 aromatic rings. The molecule has 0 atom stereocenters. The van der Waals surface area contributed by atoms with Gasteiger partial charge in [-0.25, -0.2) is 0 Å². The van der Waals surface area contributed by atoms with Gasteiger partial charge in [0.05, 0.1) is 4.43 Å². The number of hydrogen-bond donors (Lipinski definition) is 0. The molecule has 3 heteroatoms. The average Bonchev–Trinajstić information content (AvgIpc) is 2.40. The lowest BCUT2D eigenvalue weighted by atomic mass is 10.1. The van der Waals surface area contributed by atoms with Crippen molar-refractivity contribution >= 4 is 28.4 Å². The van der Waals surface area contributed by atoms with Gasteiger partial charge in [0.1, 0.15) is 11.5 Å². The second-order valence-corrected chi connectivity index (χ2v) is 4.26. The fourth-order valence-electron chi connectivity index (χ4n) is 1.41. The van der Waals surface area contributed by atoms with Gasteiger partial charge in [0.2, 0.25) is 0 Å². The third-order valence-electron chi connectivity index (χ3n) is 2.28. The number of halogens is 1. The highest BCUT2D eigenvalue weighted by molar-refractivity contribution is 14.1. The van der Waals surface area contributed by atoms with E-state index in [0.717, 1.165) is 17.1 Å². The summed E-state index contributed by atoms with van der Waals surface area (Å²) in [6.07, 6.45) is 0. The van der Waals surface area contributed by atoms with Crippen molar-refractivity contribution < 1.29 is 9.53 Å². The van der Waals surface area contributed by atoms with Crippen LogP contribution < -0.4 is 4.74 Å². The van der Waals surface area contributed by atoms with Gasteiger partial charge >= 0.3 is 0 Å². The lowest BCUT2D eigenvalue weighted by Gasteiger charge is -2.05. The topological polar surface area (TPSA) is 26.3 Å². The SMILES string of the molecule is O=C(CI)c1ccc(Oc2ccccc2)cc1. The monoisotopic (exact) mass is 338 g/mol. The minimum atomic E-state index is 0.136. The number of ketones is 1. The van der Waals surface area contributed by atoms with Crippen LogP contribution in [0.25, 0.3) is 0 Å². The number of ether oxygens (including phenoxy) is 1. The summed E-state index contributed by atoms with van der Waals surface area (Å²) >= 11 is 2.06. The largest absolute Gasteiger partial charge is 0.457 e. The lowest BCUT2D eigenvalue weighted by molar-refractivity contribution is 0.102. The Bertz CT molecular complexity index is 491. The first kappa shape index (κ1) is 12.1. The van der Waals surface area contributed by atoms with Crippen LogP contribution in [-0.2, 0) is 0 Å². The Balaban J connectivity index is 2.11. The summed E-state index contributed by atoms with van der Waals surface area (Å²) in [4.78, 5) is 11.4. The average molecular weight is 338 g/mol. The molecule has 0 amide bonds. The van der Waals surface area contributed by atoms with Crippen molar-refractivity contribution in [3.05, 3.63) is 60.2 Å². The molecule has 2 rings (SSSR count). The normalized spacial score (nSPS) is 9.94. The number of Topliss-reactive ketones (excluding diaryl/α,β-unsaturated/α-hetero) is 1. The maximum Gasteiger partial charge on any atom is 0.172 e. The third kappa shape index (κ3) is 3.30. The quantitative estimate of drug-likeness (QED) is 0.477. The van der Waals surface area contributed by atoms with Gasteiger partial charge in [-0.1, -0.05) is 40.8 Å². The Labute approximate surface area is 114 Å². The van der Waals surface area contributed by atoms with E-state index in [1.807, 2.05) is 42.5 Å². The van der Waals surface area contributed by atoms with Crippen LogP contribution in [0.15, 0.2) is 54.6 Å². The molecule has 0 heterocycles. The molecular weight excluding hydrogens is 327 g/mol. The molecule has 0 saturated carbocycles. The van der Waals surface area contributed by atoms with E-state index in [1.165, 1.54) is 0 Å². The van der Waals surface area contributed by atoms with E-state index in [4.69, 9.17) is 4.74 Å². The maximum atomic E-state index is 11.4. The Morgan fingerprint density at radius 2 is 1.53 bits per heavy atom. The predicted molar refractivity (Wildman–Crippen MR) is 76.2 cm³/mol. The minimum Gasteiger partial charge on any atom is -0.457 e. The zero-order valence-electron chi connectivity index (χ0n) is 9.10. The van der Waals surface area contributed by atoms with Crippen LogP contribution in [0.3, 0.4) is 0 Å². The molecule has 0 saturated heterocycles. The van der Waals surface area contributed by atoms with Crippen molar-refractivity contribution in [1.29, 1.82) is 0 Å². The van der Waals surface area contributed by atoms with Gasteiger partial charge in [0, 0.05) is 5.56 Å². The molecule has 2 aromatic carbocycles. The van der Waals surface area contributed by atoms with E-state index < -0.39 is 0 Å². The van der Waals surface area contributed by atoms with E-state index in [-0.39, 0.29) is 5.78 Å². The zero-order valence-corrected chi connectivity index (χ0v) is 11.3. The van der Waals surface area contributed by atoms with Crippen LogP contribution in [0.4, 0.5) is 0 Å². The summed E-state index contributed by atoms with van der Waals surface area (Å²) in [5.41, 5.74) is 0.722. The van der Waals surface area contributed by atoms with E-state index in [1.54, 1.807) is 12.1 Å². The van der Waals surface area contributed by atoms with Gasteiger partial charge in [-0.15, -0.1) is 0 Å².